The lowest BCUT2D eigenvalue weighted by atomic mass is 9.99. The van der Waals surface area contributed by atoms with Gasteiger partial charge in [-0.25, -0.2) is 0 Å². The summed E-state index contributed by atoms with van der Waals surface area (Å²) in [5.74, 6) is -0.742. The molecule has 4 heteroatoms. The van der Waals surface area contributed by atoms with Gasteiger partial charge in [0.05, 0.1) is 0 Å². The molecule has 19 heavy (non-hydrogen) atoms. The molecule has 2 N–H and O–H groups in total. The van der Waals surface area contributed by atoms with Gasteiger partial charge in [-0.05, 0) is 26.3 Å². The second-order valence-electron chi connectivity index (χ2n) is 4.37. The van der Waals surface area contributed by atoms with Crippen LogP contribution in [0, 0.1) is 0 Å². The smallest absolute Gasteiger partial charge is 0.247 e. The van der Waals surface area contributed by atoms with Crippen molar-refractivity contribution in [1.29, 1.82) is 0 Å². The van der Waals surface area contributed by atoms with Crippen LogP contribution in [0.1, 0.15) is 32.4 Å². The molecule has 0 aliphatic rings. The third kappa shape index (κ3) is 4.03. The van der Waals surface area contributed by atoms with Crippen LogP contribution in [-0.2, 0) is 9.59 Å². The van der Waals surface area contributed by atoms with Gasteiger partial charge < -0.3 is 10.4 Å². The number of allylic oxidation sites excluding steroid dienone is 1. The number of Topliss-reactive ketones (excluding diaryl/α,β-unsaturated/α-hetero) is 1. The minimum atomic E-state index is -1.13. The highest BCUT2D eigenvalue weighted by Crippen LogP contribution is 2.16. The van der Waals surface area contributed by atoms with E-state index in [9.17, 15) is 14.7 Å². The van der Waals surface area contributed by atoms with Gasteiger partial charge in [-0.15, -0.1) is 0 Å². The van der Waals surface area contributed by atoms with Gasteiger partial charge in [0.2, 0.25) is 5.91 Å². The summed E-state index contributed by atoms with van der Waals surface area (Å²) in [5, 5.41) is 12.1. The van der Waals surface area contributed by atoms with Crippen LogP contribution in [0.2, 0.25) is 0 Å². The molecule has 0 radical (unpaired) electrons. The molecule has 1 aromatic rings. The number of nitrogens with one attached hydrogen (secondary N) is 1. The van der Waals surface area contributed by atoms with E-state index in [1.165, 1.54) is 6.92 Å². The summed E-state index contributed by atoms with van der Waals surface area (Å²) in [5.41, 5.74) is 1.19. The van der Waals surface area contributed by atoms with Crippen molar-refractivity contribution in [3.8, 4) is 0 Å². The van der Waals surface area contributed by atoms with Crippen LogP contribution in [-0.4, -0.2) is 22.9 Å². The van der Waals surface area contributed by atoms with Gasteiger partial charge in [-0.1, -0.05) is 36.4 Å². The molecule has 0 aliphatic heterocycles. The molecule has 1 amide bonds. The molecule has 102 valence electrons. The van der Waals surface area contributed by atoms with E-state index in [1.54, 1.807) is 44.2 Å². The minimum Gasteiger partial charge on any atom is -0.386 e. The third-order valence-corrected chi connectivity index (χ3v) is 2.90. The van der Waals surface area contributed by atoms with Gasteiger partial charge >= 0.3 is 0 Å². The number of aliphatic hydroxyl groups excluding tert-OH is 1. The van der Waals surface area contributed by atoms with Crippen molar-refractivity contribution in [2.75, 3.05) is 0 Å². The van der Waals surface area contributed by atoms with Gasteiger partial charge in [0.15, 0.2) is 5.78 Å². The molecule has 1 unspecified atom stereocenters. The zero-order valence-electron chi connectivity index (χ0n) is 11.4. The fourth-order valence-corrected chi connectivity index (χ4v) is 1.58. The summed E-state index contributed by atoms with van der Waals surface area (Å²) >= 11 is 0. The second kappa shape index (κ2) is 6.85. The first-order chi connectivity index (χ1) is 8.97. The molecule has 4 nitrogen and oxygen atoms in total. The van der Waals surface area contributed by atoms with Gasteiger partial charge in [0, 0.05) is 5.57 Å². The SMILES string of the molecule is CC=C(C)C(=O)N[C@H](C(=O)C(C)O)c1ccccc1. The first-order valence-corrected chi connectivity index (χ1v) is 6.18. The monoisotopic (exact) mass is 261 g/mol. The Morgan fingerprint density at radius 2 is 1.84 bits per heavy atom. The average molecular weight is 261 g/mol. The van der Waals surface area contributed by atoms with Crippen molar-refractivity contribution in [3.63, 3.8) is 0 Å². The van der Waals surface area contributed by atoms with Crippen LogP contribution in [0.25, 0.3) is 0 Å². The molecule has 0 aliphatic carbocycles. The van der Waals surface area contributed by atoms with E-state index < -0.39 is 17.9 Å². The summed E-state index contributed by atoms with van der Waals surface area (Å²) in [6.45, 7) is 4.82. The Bertz CT molecular complexity index is 477. The summed E-state index contributed by atoms with van der Waals surface area (Å²) in [6, 6.07) is 8.06. The van der Waals surface area contributed by atoms with E-state index >= 15 is 0 Å². The third-order valence-electron chi connectivity index (χ3n) is 2.90. The fourth-order valence-electron chi connectivity index (χ4n) is 1.58. The van der Waals surface area contributed by atoms with Gasteiger partial charge in [0.1, 0.15) is 12.1 Å². The first-order valence-electron chi connectivity index (χ1n) is 6.18. The largest absolute Gasteiger partial charge is 0.386 e. The molecule has 0 bridgehead atoms. The molecular weight excluding hydrogens is 242 g/mol. The van der Waals surface area contributed by atoms with Crippen LogP contribution in [0.5, 0.6) is 0 Å². The Labute approximate surface area is 113 Å². The lowest BCUT2D eigenvalue weighted by molar-refractivity contribution is -0.131. The fraction of sp³-hybridized carbons (Fsp3) is 0.333. The van der Waals surface area contributed by atoms with Crippen LogP contribution in [0.4, 0.5) is 0 Å². The summed E-state index contributed by atoms with van der Waals surface area (Å²) in [4.78, 5) is 23.9. The van der Waals surface area contributed by atoms with Crippen LogP contribution < -0.4 is 5.32 Å². The molecule has 1 rings (SSSR count). The zero-order valence-corrected chi connectivity index (χ0v) is 11.4. The van der Waals surface area contributed by atoms with E-state index in [0.29, 0.717) is 11.1 Å². The van der Waals surface area contributed by atoms with Crippen LogP contribution in [0.15, 0.2) is 42.0 Å². The molecule has 0 saturated carbocycles. The highest BCUT2D eigenvalue weighted by molar-refractivity contribution is 5.98. The Hall–Kier alpha value is -1.94. The Balaban J connectivity index is 3.01. The Morgan fingerprint density at radius 1 is 1.26 bits per heavy atom. The number of hydrogen-bond acceptors (Lipinski definition) is 3. The topological polar surface area (TPSA) is 66.4 Å². The number of benzene rings is 1. The molecule has 2 atom stereocenters. The highest BCUT2D eigenvalue weighted by atomic mass is 16.3. The predicted molar refractivity (Wildman–Crippen MR) is 73.4 cm³/mol. The molecule has 0 fully saturated rings. The molecule has 0 aromatic heterocycles. The van der Waals surface area contributed by atoms with E-state index in [1.807, 2.05) is 6.07 Å². The zero-order chi connectivity index (χ0) is 14.4. The average Bonchev–Trinajstić information content (AvgIpc) is 2.43. The van der Waals surface area contributed by atoms with E-state index in [2.05, 4.69) is 5.32 Å². The van der Waals surface area contributed by atoms with Crippen molar-refractivity contribution in [2.24, 2.45) is 0 Å². The van der Waals surface area contributed by atoms with Crippen molar-refractivity contribution in [2.45, 2.75) is 32.9 Å². The number of aliphatic hydroxyl groups is 1. The van der Waals surface area contributed by atoms with Crippen molar-refractivity contribution in [3.05, 3.63) is 47.5 Å². The van der Waals surface area contributed by atoms with E-state index in [0.717, 1.165) is 0 Å². The number of carbonyl (C=O) groups is 2. The van der Waals surface area contributed by atoms with E-state index in [-0.39, 0.29) is 5.91 Å². The van der Waals surface area contributed by atoms with Crippen LogP contribution in [0.3, 0.4) is 0 Å². The highest BCUT2D eigenvalue weighted by Gasteiger charge is 2.25. The molecule has 0 saturated heterocycles. The van der Waals surface area contributed by atoms with Crippen molar-refractivity contribution < 1.29 is 14.7 Å². The Morgan fingerprint density at radius 3 is 2.32 bits per heavy atom. The summed E-state index contributed by atoms with van der Waals surface area (Å²) in [7, 11) is 0. The second-order valence-corrected chi connectivity index (χ2v) is 4.37. The number of carbonyl (C=O) groups excluding carboxylic acids is 2. The van der Waals surface area contributed by atoms with Gasteiger partial charge in [0.25, 0.3) is 0 Å². The lowest BCUT2D eigenvalue weighted by Gasteiger charge is -2.19. The van der Waals surface area contributed by atoms with Gasteiger partial charge in [-0.3, -0.25) is 9.59 Å². The summed E-state index contributed by atoms with van der Waals surface area (Å²) in [6.07, 6.45) is 0.543. The lowest BCUT2D eigenvalue weighted by Crippen LogP contribution is -2.38. The standard InChI is InChI=1S/C15H19NO3/c1-4-10(2)15(19)16-13(14(18)11(3)17)12-8-6-5-7-9-12/h4-9,11,13,17H,1-3H3,(H,16,19)/t11?,13-/m0/s1. The number of rotatable bonds is 5. The summed E-state index contributed by atoms with van der Waals surface area (Å²) < 4.78 is 0. The normalized spacial score (nSPS) is 14.6. The molecule has 1 aromatic carbocycles. The van der Waals surface area contributed by atoms with Crippen LogP contribution >= 0.6 is 0 Å². The van der Waals surface area contributed by atoms with Crippen molar-refractivity contribution in [1.82, 2.24) is 5.32 Å². The van der Waals surface area contributed by atoms with E-state index in [4.69, 9.17) is 0 Å². The number of amides is 1. The Kier molecular flexibility index (Phi) is 5.45. The maximum atomic E-state index is 12.0. The predicted octanol–water partition coefficient (Wildman–Crippen LogP) is 1.76. The maximum absolute atomic E-state index is 12.0. The quantitative estimate of drug-likeness (QED) is 0.794. The number of hydrogen-bond donors (Lipinski definition) is 2. The van der Waals surface area contributed by atoms with Crippen molar-refractivity contribution >= 4 is 11.7 Å². The maximum Gasteiger partial charge on any atom is 0.247 e. The number of ketones is 1. The molecule has 0 spiro atoms. The molecule has 0 heterocycles. The van der Waals surface area contributed by atoms with Gasteiger partial charge in [-0.2, -0.15) is 0 Å². The molecular formula is C15H19NO3. The minimum absolute atomic E-state index is 0.314. The first kappa shape index (κ1) is 15.1.